The Morgan fingerprint density at radius 1 is 0.918 bits per heavy atom. The molecule has 3 aliphatic heterocycles. The molecule has 3 heterocycles. The van der Waals surface area contributed by atoms with Gasteiger partial charge in [-0.3, -0.25) is 24.0 Å². The molecule has 11 heteroatoms. The second kappa shape index (κ2) is 16.3. The van der Waals surface area contributed by atoms with Crippen molar-refractivity contribution in [2.24, 2.45) is 47.3 Å². The molecule has 3 aliphatic rings. The molecule has 0 aromatic rings. The van der Waals surface area contributed by atoms with Crippen LogP contribution in [-0.2, 0) is 52.4 Å². The second-order valence-electron chi connectivity index (χ2n) is 15.8. The fourth-order valence-corrected chi connectivity index (χ4v) is 9.09. The summed E-state index contributed by atoms with van der Waals surface area (Å²) in [6.07, 6.45) is -1.65. The zero-order valence-corrected chi connectivity index (χ0v) is 32.0. The molecule has 4 unspecified atom stereocenters. The largest absolute Gasteiger partial charge is 0.459 e. The number of fused-ring (bicyclic) bond motifs is 1. The molecule has 11 nitrogen and oxygen atoms in total. The minimum Gasteiger partial charge on any atom is -0.459 e. The van der Waals surface area contributed by atoms with E-state index in [-0.39, 0.29) is 49.1 Å². The van der Waals surface area contributed by atoms with E-state index in [1.165, 1.54) is 21.0 Å². The van der Waals surface area contributed by atoms with Crippen LogP contribution in [0.3, 0.4) is 0 Å². The predicted octanol–water partition coefficient (Wildman–Crippen LogP) is 5.52. The fourth-order valence-electron chi connectivity index (χ4n) is 9.09. The predicted molar refractivity (Wildman–Crippen MR) is 181 cm³/mol. The Labute approximate surface area is 293 Å². The minimum atomic E-state index is -1.30. The van der Waals surface area contributed by atoms with Gasteiger partial charge in [-0.2, -0.15) is 0 Å². The molecule has 0 spiro atoms. The lowest BCUT2D eigenvalue weighted by molar-refractivity contribution is -0.211. The van der Waals surface area contributed by atoms with Crippen LogP contribution in [0.2, 0.25) is 0 Å². The smallest absolute Gasteiger partial charge is 0.316 e. The molecule has 3 rings (SSSR count). The molecule has 280 valence electrons. The zero-order valence-electron chi connectivity index (χ0n) is 32.0. The van der Waals surface area contributed by atoms with Crippen LogP contribution in [0, 0.1) is 47.3 Å². The summed E-state index contributed by atoms with van der Waals surface area (Å²) < 4.78 is 36.9. The van der Waals surface area contributed by atoms with Crippen molar-refractivity contribution in [3.8, 4) is 0 Å². The van der Waals surface area contributed by atoms with Crippen molar-refractivity contribution in [1.29, 1.82) is 0 Å². The molecule has 0 radical (unpaired) electrons. The molecule has 0 aromatic carbocycles. The molecule has 15 atom stereocenters. The topological polar surface area (TPSA) is 141 Å². The number of ketones is 2. The highest BCUT2D eigenvalue weighted by Gasteiger charge is 2.56. The molecule has 3 saturated heterocycles. The molecule has 0 amide bonds. The molecule has 0 saturated carbocycles. The van der Waals surface area contributed by atoms with Crippen molar-refractivity contribution in [2.45, 2.75) is 150 Å². The first kappa shape index (κ1) is 41.1. The van der Waals surface area contributed by atoms with E-state index in [4.69, 9.17) is 28.4 Å². The fraction of sp³-hybridized carbons (Fsp3) is 0.868. The SMILES string of the molecule is CC[C@H]1OC(=O)[C@H](C)C(=O)[C@H](C)[C@@H](OC[C@@H]2OC(C)CC(C)[C@H]2OC(C)=O)[C@](C)(OC)C[C@@H](C)C(=O)[C@H](C)[C@H]2C(C)C(C)CC(=O)O[C@@]21C. The number of rotatable bonds is 6. The number of cyclic esters (lactones) is 1. The van der Waals surface area contributed by atoms with Crippen LogP contribution in [0.1, 0.15) is 109 Å². The van der Waals surface area contributed by atoms with Gasteiger partial charge in [0, 0.05) is 44.1 Å². The monoisotopic (exact) mass is 694 g/mol. The number of ether oxygens (including phenoxy) is 6. The van der Waals surface area contributed by atoms with E-state index in [0.717, 1.165) is 0 Å². The Morgan fingerprint density at radius 3 is 2.12 bits per heavy atom. The number of carbonyl (C=O) groups is 5. The van der Waals surface area contributed by atoms with Crippen LogP contribution in [0.15, 0.2) is 0 Å². The van der Waals surface area contributed by atoms with Gasteiger partial charge in [0.05, 0.1) is 24.4 Å². The quantitative estimate of drug-likeness (QED) is 0.197. The van der Waals surface area contributed by atoms with E-state index in [1.807, 2.05) is 55.4 Å². The lowest BCUT2D eigenvalue weighted by Gasteiger charge is -2.47. The van der Waals surface area contributed by atoms with Gasteiger partial charge in [-0.1, -0.05) is 48.5 Å². The lowest BCUT2D eigenvalue weighted by atomic mass is 9.64. The Bertz CT molecular complexity index is 1220. The first-order chi connectivity index (χ1) is 22.7. The van der Waals surface area contributed by atoms with E-state index in [1.54, 1.807) is 13.8 Å². The van der Waals surface area contributed by atoms with Crippen molar-refractivity contribution in [3.05, 3.63) is 0 Å². The highest BCUT2D eigenvalue weighted by molar-refractivity contribution is 6.00. The van der Waals surface area contributed by atoms with E-state index in [9.17, 15) is 24.0 Å². The van der Waals surface area contributed by atoms with Crippen LogP contribution < -0.4 is 0 Å². The summed E-state index contributed by atoms with van der Waals surface area (Å²) in [6, 6.07) is 0. The van der Waals surface area contributed by atoms with E-state index in [0.29, 0.717) is 12.8 Å². The molecular weight excluding hydrogens is 632 g/mol. The summed E-state index contributed by atoms with van der Waals surface area (Å²) >= 11 is 0. The number of carbonyl (C=O) groups excluding carboxylic acids is 5. The molecular formula is C38H62O11. The highest BCUT2D eigenvalue weighted by Crippen LogP contribution is 2.47. The van der Waals surface area contributed by atoms with E-state index < -0.39 is 88.9 Å². The number of methoxy groups -OCH3 is 1. The van der Waals surface area contributed by atoms with E-state index in [2.05, 4.69) is 0 Å². The zero-order chi connectivity index (χ0) is 37.2. The maximum atomic E-state index is 14.5. The standard InChI is InChI=1S/C38H62O11/c1-14-29-38(12)31(23(6)19(2)16-30(40)49-38)24(7)32(41)21(4)17-37(11,44-13)35(25(8)33(42)26(9)36(43)48-29)45-18-28-34(47-27(10)39)20(3)15-22(5)46-28/h19-26,28-29,31,34-35H,14-18H2,1-13H3/t19?,20?,21-,22?,23?,24-,25+,26-,28+,29-,31-,34-,35-,37-,38-/m1/s1. The van der Waals surface area contributed by atoms with Crippen molar-refractivity contribution < 1.29 is 52.4 Å². The van der Waals surface area contributed by atoms with Gasteiger partial charge in [-0.05, 0) is 64.7 Å². The number of hydrogen-bond acceptors (Lipinski definition) is 11. The molecule has 0 bridgehead atoms. The summed E-state index contributed by atoms with van der Waals surface area (Å²) in [7, 11) is 1.52. The van der Waals surface area contributed by atoms with Crippen molar-refractivity contribution in [1.82, 2.24) is 0 Å². The summed E-state index contributed by atoms with van der Waals surface area (Å²) in [6.45, 7) is 21.7. The number of Topliss-reactive ketones (excluding diaryl/α,β-unsaturated/α-hetero) is 2. The van der Waals surface area contributed by atoms with Gasteiger partial charge < -0.3 is 28.4 Å². The van der Waals surface area contributed by atoms with Gasteiger partial charge in [0.25, 0.3) is 0 Å². The number of esters is 3. The first-order valence-corrected chi connectivity index (χ1v) is 18.2. The highest BCUT2D eigenvalue weighted by atomic mass is 16.6. The summed E-state index contributed by atoms with van der Waals surface area (Å²) in [4.78, 5) is 67.6. The third-order valence-electron chi connectivity index (χ3n) is 11.9. The first-order valence-electron chi connectivity index (χ1n) is 18.2. The third kappa shape index (κ3) is 8.75. The van der Waals surface area contributed by atoms with Gasteiger partial charge in [0.15, 0.2) is 5.78 Å². The molecule has 3 fully saturated rings. The van der Waals surface area contributed by atoms with Crippen LogP contribution in [0.4, 0.5) is 0 Å². The van der Waals surface area contributed by atoms with Gasteiger partial charge in [-0.25, -0.2) is 0 Å². The average Bonchev–Trinajstić information content (AvgIpc) is 3.10. The van der Waals surface area contributed by atoms with Crippen LogP contribution in [-0.4, -0.2) is 84.9 Å². The van der Waals surface area contributed by atoms with Gasteiger partial charge >= 0.3 is 17.9 Å². The molecule has 0 aliphatic carbocycles. The van der Waals surface area contributed by atoms with Crippen LogP contribution >= 0.6 is 0 Å². The Hall–Kier alpha value is -2.37. The van der Waals surface area contributed by atoms with Crippen LogP contribution in [0.5, 0.6) is 0 Å². The third-order valence-corrected chi connectivity index (χ3v) is 11.9. The Balaban J connectivity index is 2.11. The van der Waals surface area contributed by atoms with Gasteiger partial charge in [-0.15, -0.1) is 0 Å². The maximum absolute atomic E-state index is 14.5. The Morgan fingerprint density at radius 2 is 1.55 bits per heavy atom. The summed E-state index contributed by atoms with van der Waals surface area (Å²) in [5, 5.41) is 0. The van der Waals surface area contributed by atoms with Crippen molar-refractivity contribution in [2.75, 3.05) is 13.7 Å². The van der Waals surface area contributed by atoms with E-state index >= 15 is 0 Å². The van der Waals surface area contributed by atoms with Gasteiger partial charge in [0.1, 0.15) is 35.6 Å². The average molecular weight is 695 g/mol. The van der Waals surface area contributed by atoms with Gasteiger partial charge in [0.2, 0.25) is 0 Å². The lowest BCUT2D eigenvalue weighted by Crippen LogP contribution is -2.57. The summed E-state index contributed by atoms with van der Waals surface area (Å²) in [5.41, 5.74) is -2.47. The molecule has 0 aromatic heterocycles. The number of hydrogen-bond donors (Lipinski definition) is 0. The Kier molecular flexibility index (Phi) is 13.7. The minimum absolute atomic E-state index is 0.00940. The normalized spacial score (nSPS) is 44.6. The maximum Gasteiger partial charge on any atom is 0.316 e. The van der Waals surface area contributed by atoms with Crippen LogP contribution in [0.25, 0.3) is 0 Å². The van der Waals surface area contributed by atoms with Crippen molar-refractivity contribution >= 4 is 29.5 Å². The molecule has 0 N–H and O–H groups in total. The second-order valence-corrected chi connectivity index (χ2v) is 15.8. The summed E-state index contributed by atoms with van der Waals surface area (Å²) in [5.74, 6) is -5.85. The van der Waals surface area contributed by atoms with Crippen molar-refractivity contribution in [3.63, 3.8) is 0 Å². The molecule has 49 heavy (non-hydrogen) atoms.